The van der Waals surface area contributed by atoms with E-state index in [4.69, 9.17) is 4.74 Å². The van der Waals surface area contributed by atoms with Crippen LogP contribution in [0.5, 0.6) is 0 Å². The number of carbonyl (C=O) groups excluding carboxylic acids is 3. The number of amides is 2. The maximum Gasteiger partial charge on any atom is 0.325 e. The topological polar surface area (TPSA) is 84.5 Å². The van der Waals surface area contributed by atoms with Crippen molar-refractivity contribution < 1.29 is 19.1 Å². The fourth-order valence-corrected chi connectivity index (χ4v) is 3.00. The van der Waals surface area contributed by atoms with Crippen LogP contribution in [0.25, 0.3) is 0 Å². The maximum absolute atomic E-state index is 12.1. The number of carbonyl (C=O) groups is 3. The van der Waals surface area contributed by atoms with E-state index in [9.17, 15) is 14.4 Å². The molecule has 0 saturated carbocycles. The number of anilines is 1. The number of hydrogen-bond donors (Lipinski definition) is 2. The summed E-state index contributed by atoms with van der Waals surface area (Å²) in [6.45, 7) is 5.31. The highest BCUT2D eigenvalue weighted by Crippen LogP contribution is 2.27. The van der Waals surface area contributed by atoms with Crippen LogP contribution in [0.3, 0.4) is 0 Å². The van der Waals surface area contributed by atoms with E-state index in [0.717, 1.165) is 16.8 Å². The number of thiophene rings is 1. The van der Waals surface area contributed by atoms with Crippen molar-refractivity contribution in [1.82, 2.24) is 5.32 Å². The molecule has 0 unspecified atom stereocenters. The molecule has 6 nitrogen and oxygen atoms in total. The van der Waals surface area contributed by atoms with Gasteiger partial charge in [0, 0.05) is 5.69 Å². The van der Waals surface area contributed by atoms with Crippen LogP contribution in [-0.4, -0.2) is 30.9 Å². The van der Waals surface area contributed by atoms with Gasteiger partial charge >= 0.3 is 5.97 Å². The van der Waals surface area contributed by atoms with Crippen LogP contribution in [0.2, 0.25) is 0 Å². The van der Waals surface area contributed by atoms with E-state index < -0.39 is 18.5 Å². The van der Waals surface area contributed by atoms with E-state index in [-0.39, 0.29) is 18.4 Å². The highest BCUT2D eigenvalue weighted by Gasteiger charge is 2.14. The van der Waals surface area contributed by atoms with Crippen LogP contribution in [0, 0.1) is 6.92 Å². The van der Waals surface area contributed by atoms with Crippen molar-refractivity contribution in [1.29, 1.82) is 0 Å². The lowest BCUT2D eigenvalue weighted by Crippen LogP contribution is -2.32. The Balaban J connectivity index is 1.82. The molecule has 1 heterocycles. The number of nitrogens with one attached hydrogen (secondary N) is 2. The molecule has 0 aliphatic heterocycles. The number of esters is 1. The van der Waals surface area contributed by atoms with Gasteiger partial charge in [0.2, 0.25) is 0 Å². The lowest BCUT2D eigenvalue weighted by atomic mass is 9.98. The summed E-state index contributed by atoms with van der Waals surface area (Å²) in [5, 5.41) is 7.03. The van der Waals surface area contributed by atoms with Crippen molar-refractivity contribution in [3.05, 3.63) is 51.7 Å². The van der Waals surface area contributed by atoms with Gasteiger partial charge < -0.3 is 15.4 Å². The van der Waals surface area contributed by atoms with E-state index in [2.05, 4.69) is 10.6 Å². The minimum absolute atomic E-state index is 0.250. The van der Waals surface area contributed by atoms with Crippen molar-refractivity contribution in [2.24, 2.45) is 0 Å². The predicted octanol–water partition coefficient (Wildman–Crippen LogP) is 3.09. The Hall–Kier alpha value is -2.67. The first kappa shape index (κ1) is 19.7. The Labute approximate surface area is 156 Å². The van der Waals surface area contributed by atoms with Gasteiger partial charge in [-0.2, -0.15) is 0 Å². The second-order valence-corrected chi connectivity index (χ2v) is 7.01. The summed E-state index contributed by atoms with van der Waals surface area (Å²) >= 11 is 1.28. The number of rotatable bonds is 7. The second-order valence-electron chi connectivity index (χ2n) is 6.06. The fourth-order valence-electron chi connectivity index (χ4n) is 2.36. The Morgan fingerprint density at radius 3 is 2.58 bits per heavy atom. The molecule has 0 fully saturated rings. The molecule has 0 spiro atoms. The monoisotopic (exact) mass is 374 g/mol. The van der Waals surface area contributed by atoms with Gasteiger partial charge in [-0.15, -0.1) is 11.3 Å². The first-order chi connectivity index (χ1) is 12.4. The van der Waals surface area contributed by atoms with Gasteiger partial charge in [0.15, 0.2) is 6.61 Å². The zero-order chi connectivity index (χ0) is 19.1. The molecule has 1 aromatic heterocycles. The molecule has 0 bridgehead atoms. The Kier molecular flexibility index (Phi) is 6.91. The fraction of sp³-hybridized carbons (Fsp3) is 0.316. The van der Waals surface area contributed by atoms with Crippen LogP contribution in [-0.2, 0) is 14.3 Å². The SMILES string of the molecule is Cc1cccc(C(C)C)c1NC(=O)COC(=O)CNC(=O)c1cccs1. The minimum atomic E-state index is -0.668. The molecule has 2 rings (SSSR count). The van der Waals surface area contributed by atoms with Gasteiger partial charge in [0.1, 0.15) is 6.54 Å². The number of aryl methyl sites for hydroxylation is 1. The molecule has 2 N–H and O–H groups in total. The van der Waals surface area contributed by atoms with E-state index in [1.54, 1.807) is 17.5 Å². The molecule has 26 heavy (non-hydrogen) atoms. The molecule has 2 amide bonds. The largest absolute Gasteiger partial charge is 0.454 e. The van der Waals surface area contributed by atoms with Crippen molar-refractivity contribution in [3.63, 3.8) is 0 Å². The van der Waals surface area contributed by atoms with Crippen molar-refractivity contribution in [2.75, 3.05) is 18.5 Å². The predicted molar refractivity (Wildman–Crippen MR) is 102 cm³/mol. The van der Waals surface area contributed by atoms with E-state index in [1.165, 1.54) is 11.3 Å². The Morgan fingerprint density at radius 2 is 1.92 bits per heavy atom. The molecular formula is C19H22N2O4S. The van der Waals surface area contributed by atoms with Gasteiger partial charge in [-0.05, 0) is 35.4 Å². The van der Waals surface area contributed by atoms with Gasteiger partial charge in [0.05, 0.1) is 4.88 Å². The van der Waals surface area contributed by atoms with Gasteiger partial charge in [-0.3, -0.25) is 14.4 Å². The summed E-state index contributed by atoms with van der Waals surface area (Å²) in [7, 11) is 0. The van der Waals surface area contributed by atoms with Gasteiger partial charge in [-0.25, -0.2) is 0 Å². The summed E-state index contributed by atoms with van der Waals surface area (Å²) < 4.78 is 4.92. The highest BCUT2D eigenvalue weighted by atomic mass is 32.1. The first-order valence-corrected chi connectivity index (χ1v) is 9.13. The van der Waals surface area contributed by atoms with E-state index >= 15 is 0 Å². The van der Waals surface area contributed by atoms with E-state index in [1.807, 2.05) is 39.0 Å². The molecule has 2 aromatic rings. The van der Waals surface area contributed by atoms with Crippen LogP contribution in [0.4, 0.5) is 5.69 Å². The molecule has 0 aliphatic carbocycles. The minimum Gasteiger partial charge on any atom is -0.454 e. The summed E-state index contributed by atoms with van der Waals surface area (Å²) in [6, 6.07) is 9.22. The van der Waals surface area contributed by atoms with Crippen LogP contribution >= 0.6 is 11.3 Å². The average Bonchev–Trinajstić information content (AvgIpc) is 3.14. The normalized spacial score (nSPS) is 10.5. The zero-order valence-electron chi connectivity index (χ0n) is 15.0. The quantitative estimate of drug-likeness (QED) is 0.730. The Bertz CT molecular complexity index is 785. The number of benzene rings is 1. The summed E-state index contributed by atoms with van der Waals surface area (Å²) in [4.78, 5) is 36.0. The molecule has 0 saturated heterocycles. The maximum atomic E-state index is 12.1. The summed E-state index contributed by atoms with van der Waals surface area (Å²) in [5.41, 5.74) is 2.71. The smallest absolute Gasteiger partial charge is 0.325 e. The van der Waals surface area contributed by atoms with Gasteiger partial charge in [-0.1, -0.05) is 38.1 Å². The molecule has 0 atom stereocenters. The number of hydrogen-bond acceptors (Lipinski definition) is 5. The first-order valence-electron chi connectivity index (χ1n) is 8.25. The van der Waals surface area contributed by atoms with Crippen LogP contribution in [0.1, 0.15) is 40.6 Å². The summed E-state index contributed by atoms with van der Waals surface area (Å²) in [6.07, 6.45) is 0. The third-order valence-corrected chi connectivity index (χ3v) is 4.56. The molecule has 1 aromatic carbocycles. The van der Waals surface area contributed by atoms with Crippen LogP contribution in [0.15, 0.2) is 35.7 Å². The number of ether oxygens (including phenoxy) is 1. The second kappa shape index (κ2) is 9.15. The van der Waals surface area contributed by atoms with Crippen molar-refractivity contribution >= 4 is 34.8 Å². The zero-order valence-corrected chi connectivity index (χ0v) is 15.8. The lowest BCUT2D eigenvalue weighted by molar-refractivity contribution is -0.146. The molecule has 7 heteroatoms. The third-order valence-electron chi connectivity index (χ3n) is 3.69. The lowest BCUT2D eigenvalue weighted by Gasteiger charge is -2.16. The average molecular weight is 374 g/mol. The van der Waals surface area contributed by atoms with Crippen molar-refractivity contribution in [2.45, 2.75) is 26.7 Å². The summed E-state index contributed by atoms with van der Waals surface area (Å²) in [5.74, 6) is -1.18. The molecular weight excluding hydrogens is 352 g/mol. The van der Waals surface area contributed by atoms with Crippen LogP contribution < -0.4 is 10.6 Å². The van der Waals surface area contributed by atoms with Crippen molar-refractivity contribution in [3.8, 4) is 0 Å². The standard InChI is InChI=1S/C19H22N2O4S/c1-12(2)14-7-4-6-13(3)18(14)21-16(22)11-25-17(23)10-20-19(24)15-8-5-9-26-15/h4-9,12H,10-11H2,1-3H3,(H,20,24)(H,21,22). The molecule has 0 aliphatic rings. The third kappa shape index (κ3) is 5.42. The Morgan fingerprint density at radius 1 is 1.15 bits per heavy atom. The van der Waals surface area contributed by atoms with E-state index in [0.29, 0.717) is 4.88 Å². The highest BCUT2D eigenvalue weighted by molar-refractivity contribution is 7.12. The molecule has 138 valence electrons. The van der Waals surface area contributed by atoms with Gasteiger partial charge in [0.25, 0.3) is 11.8 Å². The molecule has 0 radical (unpaired) electrons. The number of para-hydroxylation sites is 1.